The molecule has 0 saturated heterocycles. The lowest BCUT2D eigenvalue weighted by Crippen LogP contribution is -2.51. The Hall–Kier alpha value is -3.07. The van der Waals surface area contributed by atoms with Gasteiger partial charge >= 0.3 is 0 Å². The quantitative estimate of drug-likeness (QED) is 0.539. The van der Waals surface area contributed by atoms with E-state index >= 15 is 0 Å². The molecule has 0 aliphatic carbocycles. The van der Waals surface area contributed by atoms with Crippen molar-refractivity contribution in [2.75, 3.05) is 30.8 Å². The lowest BCUT2D eigenvalue weighted by molar-refractivity contribution is -0.139. The van der Waals surface area contributed by atoms with Gasteiger partial charge in [-0.25, -0.2) is 8.42 Å². The lowest BCUT2D eigenvalue weighted by Gasteiger charge is -2.31. The maximum Gasteiger partial charge on any atom is 0.244 e. The van der Waals surface area contributed by atoms with Crippen LogP contribution in [0.25, 0.3) is 0 Å². The highest BCUT2D eigenvalue weighted by Crippen LogP contribution is 2.20. The van der Waals surface area contributed by atoms with Gasteiger partial charge in [0.25, 0.3) is 0 Å². The molecule has 2 aromatic carbocycles. The predicted molar refractivity (Wildman–Crippen MR) is 130 cm³/mol. The predicted octanol–water partition coefficient (Wildman–Crippen LogP) is 2.58. The Morgan fingerprint density at radius 1 is 1.00 bits per heavy atom. The zero-order valence-corrected chi connectivity index (χ0v) is 20.7. The highest BCUT2D eigenvalue weighted by molar-refractivity contribution is 7.92. The summed E-state index contributed by atoms with van der Waals surface area (Å²) in [5, 5.41) is 2.73. The van der Waals surface area contributed by atoms with Crippen molar-refractivity contribution < 1.29 is 22.7 Å². The van der Waals surface area contributed by atoms with Crippen LogP contribution < -0.4 is 14.4 Å². The van der Waals surface area contributed by atoms with Crippen molar-refractivity contribution >= 4 is 27.5 Å². The number of ether oxygens (including phenoxy) is 1. The van der Waals surface area contributed by atoms with Crippen LogP contribution in [0.3, 0.4) is 0 Å². The molecule has 1 atom stereocenters. The van der Waals surface area contributed by atoms with Gasteiger partial charge in [0.15, 0.2) is 0 Å². The Bertz CT molecular complexity index is 1040. The molecule has 0 radical (unpaired) electrons. The van der Waals surface area contributed by atoms with Crippen LogP contribution in [0.5, 0.6) is 5.75 Å². The SMILES string of the molecule is CCNC(=O)[C@@H](C)N(Cc1ccc(OC)cc1)C(=O)CN(c1ccc(CC)cc1)S(C)(=O)=O. The van der Waals surface area contributed by atoms with Crippen molar-refractivity contribution in [1.82, 2.24) is 10.2 Å². The number of nitrogens with zero attached hydrogens (tertiary/aromatic N) is 2. The van der Waals surface area contributed by atoms with Crippen LogP contribution in [0.4, 0.5) is 5.69 Å². The number of anilines is 1. The molecule has 0 spiro atoms. The maximum atomic E-state index is 13.4. The van der Waals surface area contributed by atoms with E-state index in [9.17, 15) is 18.0 Å². The van der Waals surface area contributed by atoms with Crippen LogP contribution in [0.15, 0.2) is 48.5 Å². The van der Waals surface area contributed by atoms with Gasteiger partial charge in [0.2, 0.25) is 21.8 Å². The van der Waals surface area contributed by atoms with Gasteiger partial charge in [0.05, 0.1) is 19.1 Å². The van der Waals surface area contributed by atoms with E-state index in [0.29, 0.717) is 18.0 Å². The van der Waals surface area contributed by atoms with Gasteiger partial charge in [-0.05, 0) is 55.7 Å². The summed E-state index contributed by atoms with van der Waals surface area (Å²) in [6, 6.07) is 13.4. The van der Waals surface area contributed by atoms with E-state index in [1.807, 2.05) is 19.1 Å². The molecule has 2 aromatic rings. The van der Waals surface area contributed by atoms with Gasteiger partial charge in [0, 0.05) is 13.1 Å². The van der Waals surface area contributed by atoms with Crippen LogP contribution in [-0.4, -0.2) is 57.6 Å². The largest absolute Gasteiger partial charge is 0.497 e. The average molecular weight is 476 g/mol. The standard InChI is InChI=1S/C24H33N3O5S/c1-6-19-8-12-21(13-9-19)27(33(5,30)31)17-23(28)26(18(3)24(29)25-7-2)16-20-10-14-22(32-4)15-11-20/h8-15,18H,6-7,16-17H2,1-5H3,(H,25,29)/t18-/m1/s1. The fourth-order valence-electron chi connectivity index (χ4n) is 3.34. The van der Waals surface area contributed by atoms with Crippen molar-refractivity contribution in [2.45, 2.75) is 39.8 Å². The lowest BCUT2D eigenvalue weighted by atomic mass is 10.1. The number of hydrogen-bond donors (Lipinski definition) is 1. The number of amides is 2. The van der Waals surface area contributed by atoms with E-state index in [1.165, 1.54) is 4.90 Å². The van der Waals surface area contributed by atoms with Crippen molar-refractivity contribution in [1.29, 1.82) is 0 Å². The number of aryl methyl sites for hydroxylation is 1. The summed E-state index contributed by atoms with van der Waals surface area (Å²) in [6.07, 6.45) is 1.88. The molecule has 8 nitrogen and oxygen atoms in total. The molecule has 0 saturated carbocycles. The smallest absolute Gasteiger partial charge is 0.244 e. The van der Waals surface area contributed by atoms with Crippen LogP contribution in [0.1, 0.15) is 31.9 Å². The molecule has 0 aromatic heterocycles. The Balaban J connectivity index is 2.35. The van der Waals surface area contributed by atoms with Crippen molar-refractivity contribution in [2.24, 2.45) is 0 Å². The van der Waals surface area contributed by atoms with Crippen LogP contribution in [0.2, 0.25) is 0 Å². The molecule has 33 heavy (non-hydrogen) atoms. The number of rotatable bonds is 11. The first-order valence-electron chi connectivity index (χ1n) is 10.9. The zero-order chi connectivity index (χ0) is 24.6. The second-order valence-electron chi connectivity index (χ2n) is 7.73. The molecular formula is C24H33N3O5S. The highest BCUT2D eigenvalue weighted by Gasteiger charge is 2.29. The first-order chi connectivity index (χ1) is 15.6. The van der Waals surface area contributed by atoms with Gasteiger partial charge < -0.3 is 15.0 Å². The molecule has 0 heterocycles. The third-order valence-electron chi connectivity index (χ3n) is 5.34. The first-order valence-corrected chi connectivity index (χ1v) is 12.7. The van der Waals surface area contributed by atoms with E-state index in [-0.39, 0.29) is 12.5 Å². The molecule has 0 unspecified atom stereocenters. The molecular weight excluding hydrogens is 442 g/mol. The van der Waals surface area contributed by atoms with Gasteiger partial charge in [-0.3, -0.25) is 13.9 Å². The normalized spacial score (nSPS) is 12.0. The van der Waals surface area contributed by atoms with E-state index in [0.717, 1.165) is 28.1 Å². The molecule has 2 rings (SSSR count). The minimum absolute atomic E-state index is 0.146. The summed E-state index contributed by atoms with van der Waals surface area (Å²) in [6.45, 7) is 5.59. The second kappa shape index (κ2) is 11.7. The van der Waals surface area contributed by atoms with Crippen LogP contribution >= 0.6 is 0 Å². The number of methoxy groups -OCH3 is 1. The monoisotopic (exact) mass is 475 g/mol. The van der Waals surface area contributed by atoms with Gasteiger partial charge in [-0.15, -0.1) is 0 Å². The van der Waals surface area contributed by atoms with Crippen LogP contribution in [0, 0.1) is 0 Å². The van der Waals surface area contributed by atoms with Crippen molar-refractivity contribution in [3.8, 4) is 5.75 Å². The van der Waals surface area contributed by atoms with E-state index in [4.69, 9.17) is 4.74 Å². The molecule has 0 aliphatic rings. The van der Waals surface area contributed by atoms with Crippen LogP contribution in [-0.2, 0) is 32.6 Å². The molecule has 0 aliphatic heterocycles. The fourth-order valence-corrected chi connectivity index (χ4v) is 4.19. The van der Waals surface area contributed by atoms with E-state index in [1.54, 1.807) is 57.4 Å². The number of carbonyl (C=O) groups excluding carboxylic acids is 2. The molecule has 1 N–H and O–H groups in total. The zero-order valence-electron chi connectivity index (χ0n) is 19.9. The van der Waals surface area contributed by atoms with Gasteiger partial charge in [-0.1, -0.05) is 31.2 Å². The molecule has 2 amide bonds. The Kier molecular flexibility index (Phi) is 9.28. The summed E-state index contributed by atoms with van der Waals surface area (Å²) in [7, 11) is -2.17. The maximum absolute atomic E-state index is 13.4. The minimum atomic E-state index is -3.74. The molecule has 0 bridgehead atoms. The van der Waals surface area contributed by atoms with Crippen molar-refractivity contribution in [3.05, 3.63) is 59.7 Å². The number of likely N-dealkylation sites (N-methyl/N-ethyl adjacent to an activating group) is 1. The summed E-state index contributed by atoms with van der Waals surface area (Å²) in [5.74, 6) is -0.112. The average Bonchev–Trinajstić information content (AvgIpc) is 2.80. The number of nitrogens with one attached hydrogen (secondary N) is 1. The van der Waals surface area contributed by atoms with Gasteiger partial charge in [0.1, 0.15) is 18.3 Å². The first kappa shape index (κ1) is 26.2. The number of benzene rings is 2. The third-order valence-corrected chi connectivity index (χ3v) is 6.48. The molecule has 180 valence electrons. The minimum Gasteiger partial charge on any atom is -0.497 e. The number of carbonyl (C=O) groups is 2. The molecule has 0 fully saturated rings. The number of hydrogen-bond acceptors (Lipinski definition) is 5. The summed E-state index contributed by atoms with van der Waals surface area (Å²) < 4.78 is 31.3. The Morgan fingerprint density at radius 2 is 1.58 bits per heavy atom. The Labute approximate surface area is 196 Å². The topological polar surface area (TPSA) is 96.0 Å². The van der Waals surface area contributed by atoms with Crippen molar-refractivity contribution in [3.63, 3.8) is 0 Å². The highest BCUT2D eigenvalue weighted by atomic mass is 32.2. The van der Waals surface area contributed by atoms with Gasteiger partial charge in [-0.2, -0.15) is 0 Å². The summed E-state index contributed by atoms with van der Waals surface area (Å²) in [4.78, 5) is 27.3. The number of sulfonamides is 1. The summed E-state index contributed by atoms with van der Waals surface area (Å²) in [5.41, 5.74) is 2.25. The second-order valence-corrected chi connectivity index (χ2v) is 9.64. The fraction of sp³-hybridized carbons (Fsp3) is 0.417. The molecule has 9 heteroatoms. The summed E-state index contributed by atoms with van der Waals surface area (Å²) >= 11 is 0. The third kappa shape index (κ3) is 7.21. The van der Waals surface area contributed by atoms with E-state index < -0.39 is 28.5 Å². The van der Waals surface area contributed by atoms with E-state index in [2.05, 4.69) is 5.32 Å². The Morgan fingerprint density at radius 3 is 2.06 bits per heavy atom.